The minimum absolute atomic E-state index is 0.0917. The number of thiophene rings is 1. The van der Waals surface area contributed by atoms with Gasteiger partial charge < -0.3 is 10.5 Å². The zero-order valence-electron chi connectivity index (χ0n) is 11.1. The molecular weight excluding hydrogens is 292 g/mol. The number of nitrogens with two attached hydrogens (primary N) is 1. The topological polar surface area (TPSA) is 35.2 Å². The van der Waals surface area contributed by atoms with Gasteiger partial charge in [-0.15, -0.1) is 11.3 Å². The molecule has 0 amide bonds. The highest BCUT2D eigenvalue weighted by atomic mass is 32.1. The molecule has 108 valence electrons. The van der Waals surface area contributed by atoms with Crippen LogP contribution < -0.4 is 10.5 Å². The normalized spacial score (nSPS) is 11.0. The molecule has 0 radical (unpaired) electrons. The van der Waals surface area contributed by atoms with Crippen molar-refractivity contribution in [3.63, 3.8) is 0 Å². The van der Waals surface area contributed by atoms with Crippen LogP contribution in [0.15, 0.2) is 42.5 Å². The van der Waals surface area contributed by atoms with Gasteiger partial charge in [0, 0.05) is 27.1 Å². The lowest BCUT2D eigenvalue weighted by Crippen LogP contribution is -2.03. The Bertz CT molecular complexity index is 785. The average Bonchev–Trinajstić information content (AvgIpc) is 2.85. The van der Waals surface area contributed by atoms with E-state index in [0.29, 0.717) is 17.5 Å². The molecule has 5 heteroatoms. The highest BCUT2D eigenvalue weighted by Gasteiger charge is 2.15. The standard InChI is InChI=1S/C16H13F2NOS/c17-11-4-1-2-6-13(11)20-9-10-15(8-19)21-14-7-3-5-12(18)16(10)14/h1-7H,8-9,19H2. The van der Waals surface area contributed by atoms with Crippen LogP contribution in [0.1, 0.15) is 10.4 Å². The van der Waals surface area contributed by atoms with E-state index in [0.717, 1.165) is 9.58 Å². The van der Waals surface area contributed by atoms with Gasteiger partial charge in [-0.2, -0.15) is 0 Å². The van der Waals surface area contributed by atoms with Gasteiger partial charge in [0.1, 0.15) is 12.4 Å². The molecular formula is C16H13F2NOS. The first-order valence-electron chi connectivity index (χ1n) is 6.47. The van der Waals surface area contributed by atoms with Crippen molar-refractivity contribution in [1.29, 1.82) is 0 Å². The fourth-order valence-corrected chi connectivity index (χ4v) is 3.35. The first-order chi connectivity index (χ1) is 10.2. The Morgan fingerprint density at radius 2 is 1.76 bits per heavy atom. The number of rotatable bonds is 4. The second kappa shape index (κ2) is 5.79. The summed E-state index contributed by atoms with van der Waals surface area (Å²) in [6.45, 7) is 0.392. The Kier molecular flexibility index (Phi) is 3.86. The van der Waals surface area contributed by atoms with E-state index in [1.54, 1.807) is 24.3 Å². The summed E-state index contributed by atoms with van der Waals surface area (Å²) in [6, 6.07) is 11.1. The van der Waals surface area contributed by atoms with Crippen molar-refractivity contribution in [3.8, 4) is 5.75 Å². The second-order valence-electron chi connectivity index (χ2n) is 4.54. The minimum Gasteiger partial charge on any atom is -0.486 e. The fourth-order valence-electron chi connectivity index (χ4n) is 2.25. The van der Waals surface area contributed by atoms with E-state index in [1.165, 1.54) is 23.5 Å². The summed E-state index contributed by atoms with van der Waals surface area (Å²) in [5.74, 6) is -0.599. The summed E-state index contributed by atoms with van der Waals surface area (Å²) < 4.78 is 33.9. The molecule has 3 aromatic rings. The zero-order chi connectivity index (χ0) is 14.8. The van der Waals surface area contributed by atoms with Crippen molar-refractivity contribution >= 4 is 21.4 Å². The lowest BCUT2D eigenvalue weighted by Gasteiger charge is -2.08. The van der Waals surface area contributed by atoms with Gasteiger partial charge in [-0.05, 0) is 24.3 Å². The third kappa shape index (κ3) is 2.62. The molecule has 0 unspecified atom stereocenters. The van der Waals surface area contributed by atoms with Crippen LogP contribution in [0.5, 0.6) is 5.75 Å². The van der Waals surface area contributed by atoms with Crippen LogP contribution in [-0.4, -0.2) is 0 Å². The van der Waals surface area contributed by atoms with E-state index in [2.05, 4.69) is 0 Å². The van der Waals surface area contributed by atoms with E-state index in [4.69, 9.17) is 10.5 Å². The summed E-state index contributed by atoms with van der Waals surface area (Å²) in [5, 5.41) is 0.513. The molecule has 0 aliphatic rings. The lowest BCUT2D eigenvalue weighted by atomic mass is 10.1. The number of fused-ring (bicyclic) bond motifs is 1. The Hall–Kier alpha value is -1.98. The van der Waals surface area contributed by atoms with Gasteiger partial charge in [0.15, 0.2) is 11.6 Å². The molecule has 2 aromatic carbocycles. The van der Waals surface area contributed by atoms with Crippen LogP contribution >= 0.6 is 11.3 Å². The molecule has 0 saturated carbocycles. The molecule has 3 rings (SSSR count). The summed E-state index contributed by atoms with van der Waals surface area (Å²) in [4.78, 5) is 0.853. The molecule has 0 aliphatic heterocycles. The van der Waals surface area contributed by atoms with E-state index < -0.39 is 5.82 Å². The largest absolute Gasteiger partial charge is 0.486 e. The quantitative estimate of drug-likeness (QED) is 0.783. The van der Waals surface area contributed by atoms with Crippen LogP contribution in [0.2, 0.25) is 0 Å². The average molecular weight is 305 g/mol. The van der Waals surface area contributed by atoms with Gasteiger partial charge in [0.05, 0.1) is 0 Å². The van der Waals surface area contributed by atoms with Gasteiger partial charge >= 0.3 is 0 Å². The first-order valence-corrected chi connectivity index (χ1v) is 7.28. The number of halogens is 2. The van der Waals surface area contributed by atoms with Gasteiger partial charge in [0.2, 0.25) is 0 Å². The molecule has 0 aliphatic carbocycles. The number of ether oxygens (including phenoxy) is 1. The zero-order valence-corrected chi connectivity index (χ0v) is 11.9. The van der Waals surface area contributed by atoms with Gasteiger partial charge in [-0.25, -0.2) is 8.78 Å². The van der Waals surface area contributed by atoms with Crippen molar-refractivity contribution in [3.05, 3.63) is 64.5 Å². The fraction of sp³-hybridized carbons (Fsp3) is 0.125. The third-order valence-electron chi connectivity index (χ3n) is 3.24. The second-order valence-corrected chi connectivity index (χ2v) is 5.68. The summed E-state index contributed by atoms with van der Waals surface area (Å²) >= 11 is 1.44. The number of hydrogen-bond acceptors (Lipinski definition) is 3. The van der Waals surface area contributed by atoms with Crippen molar-refractivity contribution in [2.24, 2.45) is 5.73 Å². The molecule has 1 heterocycles. The molecule has 0 atom stereocenters. The van der Waals surface area contributed by atoms with Crippen LogP contribution in [0.4, 0.5) is 8.78 Å². The van der Waals surface area contributed by atoms with Gasteiger partial charge in [-0.1, -0.05) is 18.2 Å². The molecule has 0 bridgehead atoms. The molecule has 0 spiro atoms. The van der Waals surface area contributed by atoms with Crippen molar-refractivity contribution < 1.29 is 13.5 Å². The molecule has 0 saturated heterocycles. The third-order valence-corrected chi connectivity index (χ3v) is 4.46. The number of hydrogen-bond donors (Lipinski definition) is 1. The smallest absolute Gasteiger partial charge is 0.165 e. The highest BCUT2D eigenvalue weighted by molar-refractivity contribution is 7.19. The summed E-state index contributed by atoms with van der Waals surface area (Å²) in [6.07, 6.45) is 0. The van der Waals surface area contributed by atoms with Gasteiger partial charge in [-0.3, -0.25) is 0 Å². The van der Waals surface area contributed by atoms with Crippen LogP contribution in [-0.2, 0) is 13.2 Å². The maximum atomic E-state index is 14.0. The van der Waals surface area contributed by atoms with Crippen molar-refractivity contribution in [1.82, 2.24) is 0 Å². The van der Waals surface area contributed by atoms with Gasteiger partial charge in [0.25, 0.3) is 0 Å². The molecule has 2 nitrogen and oxygen atoms in total. The molecule has 21 heavy (non-hydrogen) atoms. The van der Waals surface area contributed by atoms with Crippen LogP contribution in [0, 0.1) is 11.6 Å². The Labute approximate surface area is 124 Å². The molecule has 0 fully saturated rings. The molecule has 1 aromatic heterocycles. The van der Waals surface area contributed by atoms with E-state index in [9.17, 15) is 8.78 Å². The predicted octanol–water partition coefficient (Wildman–Crippen LogP) is 4.22. The Balaban J connectivity index is 1.98. The SMILES string of the molecule is NCc1sc2cccc(F)c2c1COc1ccccc1F. The maximum Gasteiger partial charge on any atom is 0.165 e. The lowest BCUT2D eigenvalue weighted by molar-refractivity contribution is 0.291. The summed E-state index contributed by atoms with van der Waals surface area (Å²) in [7, 11) is 0. The maximum absolute atomic E-state index is 14.0. The monoisotopic (exact) mass is 305 g/mol. The Morgan fingerprint density at radius 3 is 2.52 bits per heavy atom. The van der Waals surface area contributed by atoms with Crippen LogP contribution in [0.3, 0.4) is 0 Å². The summed E-state index contributed by atoms with van der Waals surface area (Å²) in [5.41, 5.74) is 6.42. The van der Waals surface area contributed by atoms with Crippen molar-refractivity contribution in [2.45, 2.75) is 13.2 Å². The van der Waals surface area contributed by atoms with E-state index in [-0.39, 0.29) is 18.2 Å². The predicted molar refractivity (Wildman–Crippen MR) is 80.4 cm³/mol. The minimum atomic E-state index is -0.438. The highest BCUT2D eigenvalue weighted by Crippen LogP contribution is 2.34. The van der Waals surface area contributed by atoms with E-state index >= 15 is 0 Å². The molecule has 2 N–H and O–H groups in total. The van der Waals surface area contributed by atoms with Crippen LogP contribution in [0.25, 0.3) is 10.1 Å². The number of para-hydroxylation sites is 1. The first kappa shape index (κ1) is 14.0. The number of benzene rings is 2. The van der Waals surface area contributed by atoms with E-state index in [1.807, 2.05) is 6.07 Å². The Morgan fingerprint density at radius 1 is 1.00 bits per heavy atom. The van der Waals surface area contributed by atoms with Crippen molar-refractivity contribution in [2.75, 3.05) is 0 Å².